The summed E-state index contributed by atoms with van der Waals surface area (Å²) >= 11 is 1.55. The Morgan fingerprint density at radius 3 is 1.97 bits per heavy atom. The number of hydrogen-bond donors (Lipinski definition) is 0. The quantitative estimate of drug-likeness (QED) is 0.649. The van der Waals surface area contributed by atoms with Crippen LogP contribution in [0.25, 0.3) is 0 Å². The molecular formula is C24H29NO4S. The first-order chi connectivity index (χ1) is 14.5. The van der Waals surface area contributed by atoms with Crippen LogP contribution in [0.1, 0.15) is 50.0 Å². The molecule has 0 N–H and O–H groups in total. The van der Waals surface area contributed by atoms with Crippen LogP contribution in [0.2, 0.25) is 0 Å². The number of nitrogens with zero attached hydrogens (tertiary/aromatic N) is 1. The molecule has 0 atom stereocenters. The predicted octanol–water partition coefficient (Wildman–Crippen LogP) is 4.48. The molecule has 0 aromatic carbocycles. The fourth-order valence-electron chi connectivity index (χ4n) is 7.05. The molecule has 0 saturated heterocycles. The number of hydrogen-bond acceptors (Lipinski definition) is 6. The minimum atomic E-state index is -0.455. The van der Waals surface area contributed by atoms with Gasteiger partial charge in [0.25, 0.3) is 0 Å². The summed E-state index contributed by atoms with van der Waals surface area (Å²) in [6, 6.07) is 1.96. The highest BCUT2D eigenvalue weighted by molar-refractivity contribution is 7.08. The lowest BCUT2D eigenvalue weighted by atomic mass is 9.49. The summed E-state index contributed by atoms with van der Waals surface area (Å²) in [5.74, 6) is 1.32. The maximum Gasteiger partial charge on any atom is 0.336 e. The van der Waals surface area contributed by atoms with Crippen molar-refractivity contribution in [1.29, 1.82) is 0 Å². The van der Waals surface area contributed by atoms with E-state index in [1.54, 1.807) is 11.3 Å². The van der Waals surface area contributed by atoms with Crippen LogP contribution in [0.3, 0.4) is 0 Å². The van der Waals surface area contributed by atoms with Crippen LogP contribution in [0, 0.1) is 23.2 Å². The van der Waals surface area contributed by atoms with Crippen molar-refractivity contribution in [2.24, 2.45) is 23.2 Å². The molecule has 1 aromatic heterocycles. The molecule has 0 unspecified atom stereocenters. The largest absolute Gasteiger partial charge is 0.466 e. The first-order valence-corrected chi connectivity index (χ1v) is 11.8. The Balaban J connectivity index is 1.50. The van der Waals surface area contributed by atoms with Gasteiger partial charge in [0, 0.05) is 18.9 Å². The van der Waals surface area contributed by atoms with Crippen molar-refractivity contribution in [3.05, 3.63) is 45.9 Å². The van der Waals surface area contributed by atoms with E-state index in [-0.39, 0.29) is 0 Å². The summed E-state index contributed by atoms with van der Waals surface area (Å²) in [5, 5.41) is 3.94. The Hall–Kier alpha value is -2.08. The monoisotopic (exact) mass is 427 g/mol. The van der Waals surface area contributed by atoms with Gasteiger partial charge in [-0.1, -0.05) is 0 Å². The molecular weight excluding hydrogens is 398 g/mol. The van der Waals surface area contributed by atoms with E-state index >= 15 is 0 Å². The zero-order valence-corrected chi connectivity index (χ0v) is 18.5. The first-order valence-electron chi connectivity index (χ1n) is 10.9. The van der Waals surface area contributed by atoms with Gasteiger partial charge in [-0.2, -0.15) is 11.3 Å². The maximum atomic E-state index is 12.7. The molecule has 1 aliphatic heterocycles. The van der Waals surface area contributed by atoms with Gasteiger partial charge in [0.15, 0.2) is 0 Å². The second-order valence-corrected chi connectivity index (χ2v) is 10.5. The summed E-state index contributed by atoms with van der Waals surface area (Å²) in [6.07, 6.45) is 11.8. The van der Waals surface area contributed by atoms with E-state index in [4.69, 9.17) is 9.47 Å². The fraction of sp³-hybridized carbons (Fsp3) is 0.583. The van der Waals surface area contributed by atoms with E-state index < -0.39 is 17.9 Å². The van der Waals surface area contributed by atoms with Gasteiger partial charge >= 0.3 is 11.9 Å². The fourth-order valence-corrected chi connectivity index (χ4v) is 7.73. The van der Waals surface area contributed by atoms with Gasteiger partial charge in [-0.05, 0) is 84.1 Å². The minimum Gasteiger partial charge on any atom is -0.466 e. The van der Waals surface area contributed by atoms with E-state index in [9.17, 15) is 9.59 Å². The van der Waals surface area contributed by atoms with E-state index in [1.807, 2.05) is 29.2 Å². The molecule has 1 aromatic rings. The van der Waals surface area contributed by atoms with Crippen LogP contribution < -0.4 is 0 Å². The average Bonchev–Trinajstić information content (AvgIpc) is 3.25. The topological polar surface area (TPSA) is 55.8 Å². The molecule has 30 heavy (non-hydrogen) atoms. The standard InChI is InChI=1S/C24H29NO4S/c1-28-22(26)19-11-25(12-20(23(27)29-2)21(19)18-3-4-30-13-18)14-24-8-15-5-16(9-24)7-17(6-15)10-24/h3-4,11-13,15-17,21H,5-10,14H2,1-2H3. The number of rotatable bonds is 5. The molecule has 0 amide bonds. The van der Waals surface area contributed by atoms with Gasteiger partial charge in [0.05, 0.1) is 31.3 Å². The molecule has 5 nitrogen and oxygen atoms in total. The molecule has 6 rings (SSSR count). The summed E-state index contributed by atoms with van der Waals surface area (Å²) in [5.41, 5.74) is 2.22. The van der Waals surface area contributed by atoms with E-state index in [0.717, 1.165) is 29.9 Å². The molecule has 0 spiro atoms. The summed E-state index contributed by atoms with van der Waals surface area (Å²) in [6.45, 7) is 0.855. The maximum absolute atomic E-state index is 12.7. The molecule has 4 saturated carbocycles. The number of esters is 2. The van der Waals surface area contributed by atoms with Gasteiger partial charge in [-0.15, -0.1) is 0 Å². The van der Waals surface area contributed by atoms with Crippen molar-refractivity contribution >= 4 is 23.3 Å². The third-order valence-corrected chi connectivity index (χ3v) is 8.34. The van der Waals surface area contributed by atoms with Crippen molar-refractivity contribution < 1.29 is 19.1 Å². The van der Waals surface area contributed by atoms with Crippen LogP contribution in [0.4, 0.5) is 0 Å². The van der Waals surface area contributed by atoms with Gasteiger partial charge in [0.2, 0.25) is 0 Å². The molecule has 160 valence electrons. The Morgan fingerprint density at radius 2 is 1.53 bits per heavy atom. The van der Waals surface area contributed by atoms with Gasteiger partial charge in [-0.3, -0.25) is 0 Å². The minimum absolute atomic E-state index is 0.291. The zero-order valence-electron chi connectivity index (χ0n) is 17.6. The normalized spacial score (nSPS) is 32.6. The number of ether oxygens (including phenoxy) is 2. The van der Waals surface area contributed by atoms with Crippen molar-refractivity contribution in [3.63, 3.8) is 0 Å². The lowest BCUT2D eigenvalue weighted by Gasteiger charge is -2.57. The van der Waals surface area contributed by atoms with E-state index in [0.29, 0.717) is 16.6 Å². The van der Waals surface area contributed by atoms with Crippen LogP contribution in [0.5, 0.6) is 0 Å². The van der Waals surface area contributed by atoms with E-state index in [2.05, 4.69) is 4.90 Å². The number of methoxy groups -OCH3 is 2. The number of carbonyl (C=O) groups excluding carboxylic acids is 2. The molecule has 4 fully saturated rings. The van der Waals surface area contributed by atoms with E-state index in [1.165, 1.54) is 52.7 Å². The van der Waals surface area contributed by atoms with Gasteiger partial charge in [-0.25, -0.2) is 9.59 Å². The Bertz CT molecular complexity index is 831. The Labute approximate surface area is 181 Å². The Kier molecular flexibility index (Phi) is 5.00. The predicted molar refractivity (Wildman–Crippen MR) is 115 cm³/mol. The molecule has 4 bridgehead atoms. The molecule has 4 aliphatic carbocycles. The molecule has 0 radical (unpaired) electrons. The first kappa shape index (κ1) is 19.9. The summed E-state index contributed by atoms with van der Waals surface area (Å²) < 4.78 is 10.2. The zero-order chi connectivity index (χ0) is 20.9. The summed E-state index contributed by atoms with van der Waals surface area (Å²) in [7, 11) is 2.79. The highest BCUT2D eigenvalue weighted by atomic mass is 32.1. The second kappa shape index (κ2) is 7.56. The Morgan fingerprint density at radius 1 is 1.00 bits per heavy atom. The lowest BCUT2D eigenvalue weighted by Crippen LogP contribution is -2.50. The average molecular weight is 428 g/mol. The van der Waals surface area contributed by atoms with Crippen molar-refractivity contribution in [2.45, 2.75) is 44.4 Å². The smallest absolute Gasteiger partial charge is 0.336 e. The number of thiophene rings is 1. The molecule has 5 aliphatic rings. The third-order valence-electron chi connectivity index (χ3n) is 7.63. The van der Waals surface area contributed by atoms with Gasteiger partial charge in [0.1, 0.15) is 0 Å². The second-order valence-electron chi connectivity index (χ2n) is 9.73. The van der Waals surface area contributed by atoms with Crippen LogP contribution in [0.15, 0.2) is 40.4 Å². The van der Waals surface area contributed by atoms with Crippen molar-refractivity contribution in [1.82, 2.24) is 4.90 Å². The molecule has 2 heterocycles. The van der Waals surface area contributed by atoms with Crippen molar-refractivity contribution in [2.75, 3.05) is 20.8 Å². The number of carbonyl (C=O) groups is 2. The van der Waals surface area contributed by atoms with Crippen LogP contribution in [-0.4, -0.2) is 37.6 Å². The van der Waals surface area contributed by atoms with Crippen LogP contribution in [-0.2, 0) is 19.1 Å². The van der Waals surface area contributed by atoms with Crippen molar-refractivity contribution in [3.8, 4) is 0 Å². The van der Waals surface area contributed by atoms with Gasteiger partial charge < -0.3 is 14.4 Å². The third kappa shape index (κ3) is 3.39. The molecule has 6 heteroatoms. The highest BCUT2D eigenvalue weighted by Gasteiger charge is 2.51. The van der Waals surface area contributed by atoms with Crippen LogP contribution >= 0.6 is 11.3 Å². The SMILES string of the molecule is COC(=O)C1=CN(CC23CC4CC(CC(C4)C2)C3)C=C(C(=O)OC)C1c1ccsc1. The lowest BCUT2D eigenvalue weighted by molar-refractivity contribution is -0.137. The summed E-state index contributed by atoms with van der Waals surface area (Å²) in [4.78, 5) is 27.6. The highest BCUT2D eigenvalue weighted by Crippen LogP contribution is 2.60.